The highest BCUT2D eigenvalue weighted by Crippen LogP contribution is 2.29. The maximum absolute atomic E-state index is 11.6. The SMILES string of the molecule is NCc1ccc2c(c1)CCC(=O)N2C(=O)Br. The molecular formula is C11H11BrN2O2. The van der Waals surface area contributed by atoms with Crippen molar-refractivity contribution < 1.29 is 9.59 Å². The summed E-state index contributed by atoms with van der Waals surface area (Å²) in [6.07, 6.45) is 1.02. The van der Waals surface area contributed by atoms with Gasteiger partial charge in [0.1, 0.15) is 0 Å². The van der Waals surface area contributed by atoms with Crippen molar-refractivity contribution in [1.29, 1.82) is 0 Å². The number of rotatable bonds is 1. The Labute approximate surface area is 102 Å². The Balaban J connectivity index is 2.48. The molecule has 0 spiro atoms. The van der Waals surface area contributed by atoms with Gasteiger partial charge in [0, 0.05) is 28.9 Å². The molecule has 1 aliphatic rings. The Morgan fingerprint density at radius 2 is 2.19 bits per heavy atom. The monoisotopic (exact) mass is 282 g/mol. The van der Waals surface area contributed by atoms with Crippen molar-refractivity contribution in [2.24, 2.45) is 5.73 Å². The van der Waals surface area contributed by atoms with Crippen molar-refractivity contribution in [2.75, 3.05) is 4.90 Å². The zero-order valence-corrected chi connectivity index (χ0v) is 10.2. The van der Waals surface area contributed by atoms with E-state index in [2.05, 4.69) is 15.9 Å². The van der Waals surface area contributed by atoms with Gasteiger partial charge < -0.3 is 5.73 Å². The quantitative estimate of drug-likeness (QED) is 0.632. The van der Waals surface area contributed by atoms with Gasteiger partial charge in [-0.15, -0.1) is 0 Å². The zero-order valence-electron chi connectivity index (χ0n) is 8.57. The minimum Gasteiger partial charge on any atom is -0.326 e. The minimum absolute atomic E-state index is 0.171. The van der Waals surface area contributed by atoms with Crippen molar-refractivity contribution in [3.05, 3.63) is 29.3 Å². The van der Waals surface area contributed by atoms with Gasteiger partial charge in [-0.05, 0) is 23.6 Å². The third kappa shape index (κ3) is 1.88. The fraction of sp³-hybridized carbons (Fsp3) is 0.273. The molecule has 0 atom stereocenters. The highest BCUT2D eigenvalue weighted by molar-refractivity contribution is 9.18. The number of carbonyl (C=O) groups is 2. The van der Waals surface area contributed by atoms with Crippen LogP contribution in [0.25, 0.3) is 0 Å². The molecule has 0 radical (unpaired) electrons. The molecule has 0 bridgehead atoms. The average Bonchev–Trinajstić information content (AvgIpc) is 2.27. The van der Waals surface area contributed by atoms with Crippen LogP contribution < -0.4 is 10.6 Å². The molecule has 0 aromatic heterocycles. The summed E-state index contributed by atoms with van der Waals surface area (Å²) in [7, 11) is 0. The highest BCUT2D eigenvalue weighted by Gasteiger charge is 2.27. The van der Waals surface area contributed by atoms with Crippen molar-refractivity contribution in [3.8, 4) is 0 Å². The van der Waals surface area contributed by atoms with Gasteiger partial charge in [0.05, 0.1) is 5.69 Å². The molecule has 4 nitrogen and oxygen atoms in total. The number of nitrogens with two attached hydrogens (primary N) is 1. The average molecular weight is 283 g/mol. The largest absolute Gasteiger partial charge is 0.326 e. The Kier molecular flexibility index (Phi) is 3.07. The lowest BCUT2D eigenvalue weighted by Gasteiger charge is -2.26. The minimum atomic E-state index is -0.418. The Morgan fingerprint density at radius 1 is 1.44 bits per heavy atom. The molecule has 16 heavy (non-hydrogen) atoms. The smallest absolute Gasteiger partial charge is 0.300 e. The number of benzene rings is 1. The van der Waals surface area contributed by atoms with Crippen molar-refractivity contribution >= 4 is 32.3 Å². The number of imide groups is 1. The molecule has 5 heteroatoms. The van der Waals surface area contributed by atoms with Crippen LogP contribution in [-0.2, 0) is 17.8 Å². The van der Waals surface area contributed by atoms with Gasteiger partial charge in [0.25, 0.3) is 0 Å². The summed E-state index contributed by atoms with van der Waals surface area (Å²) < 4.78 is 0. The Morgan fingerprint density at radius 3 is 2.81 bits per heavy atom. The number of hydrogen-bond acceptors (Lipinski definition) is 3. The maximum Gasteiger partial charge on any atom is 0.300 e. The van der Waals surface area contributed by atoms with Gasteiger partial charge in [-0.25, -0.2) is 4.90 Å². The van der Waals surface area contributed by atoms with Crippen molar-refractivity contribution in [2.45, 2.75) is 19.4 Å². The van der Waals surface area contributed by atoms with Crippen LogP contribution in [0.3, 0.4) is 0 Å². The molecule has 0 saturated carbocycles. The highest BCUT2D eigenvalue weighted by atomic mass is 79.9. The molecular weight excluding hydrogens is 272 g/mol. The fourth-order valence-electron chi connectivity index (χ4n) is 1.86. The van der Waals surface area contributed by atoms with E-state index in [9.17, 15) is 9.59 Å². The number of halogens is 1. The van der Waals surface area contributed by atoms with Crippen LogP contribution in [0.15, 0.2) is 18.2 Å². The fourth-order valence-corrected chi connectivity index (χ4v) is 2.25. The van der Waals surface area contributed by atoms with Crippen LogP contribution in [0.5, 0.6) is 0 Å². The summed E-state index contributed by atoms with van der Waals surface area (Å²) in [6, 6.07) is 5.55. The first-order valence-electron chi connectivity index (χ1n) is 4.97. The normalized spacial score (nSPS) is 14.9. The van der Waals surface area contributed by atoms with Crippen LogP contribution in [0.4, 0.5) is 10.5 Å². The molecule has 84 valence electrons. The summed E-state index contributed by atoms with van der Waals surface area (Å²) in [5.74, 6) is -0.171. The van der Waals surface area contributed by atoms with E-state index in [1.54, 1.807) is 6.07 Å². The van der Waals surface area contributed by atoms with Crippen molar-refractivity contribution in [1.82, 2.24) is 0 Å². The number of anilines is 1. The van der Waals surface area contributed by atoms with E-state index < -0.39 is 4.82 Å². The van der Waals surface area contributed by atoms with E-state index in [1.807, 2.05) is 12.1 Å². The molecule has 1 heterocycles. The van der Waals surface area contributed by atoms with Gasteiger partial charge in [0.15, 0.2) is 0 Å². The lowest BCUT2D eigenvalue weighted by molar-refractivity contribution is -0.118. The second-order valence-electron chi connectivity index (χ2n) is 3.65. The maximum atomic E-state index is 11.6. The number of hydrogen-bond donors (Lipinski definition) is 1. The van der Waals surface area contributed by atoms with Gasteiger partial charge in [0.2, 0.25) is 5.91 Å². The van der Waals surface area contributed by atoms with Crippen molar-refractivity contribution in [3.63, 3.8) is 0 Å². The first kappa shape index (κ1) is 11.3. The molecule has 2 amide bonds. The number of nitrogens with zero attached hydrogens (tertiary/aromatic N) is 1. The lowest BCUT2D eigenvalue weighted by Crippen LogP contribution is -2.36. The summed E-state index contributed by atoms with van der Waals surface area (Å²) in [5.41, 5.74) is 8.22. The standard InChI is InChI=1S/C11H11BrN2O2/c12-11(16)14-9-3-1-7(6-13)5-8(9)2-4-10(14)15/h1,3,5H,2,4,6,13H2. The van der Waals surface area contributed by atoms with Crippen LogP contribution in [0, 0.1) is 0 Å². The van der Waals surface area contributed by atoms with Gasteiger partial charge in [-0.2, -0.15) is 0 Å². The molecule has 2 N–H and O–H groups in total. The number of carbonyl (C=O) groups excluding carboxylic acids is 2. The predicted octanol–water partition coefficient (Wildman–Crippen LogP) is 1.94. The molecule has 0 fully saturated rings. The van der Waals surface area contributed by atoms with E-state index in [4.69, 9.17) is 5.73 Å². The molecule has 2 rings (SSSR count). The molecule has 1 aromatic rings. The van der Waals surface area contributed by atoms with Crippen LogP contribution in [-0.4, -0.2) is 10.7 Å². The van der Waals surface area contributed by atoms with Gasteiger partial charge in [-0.1, -0.05) is 12.1 Å². The van der Waals surface area contributed by atoms with E-state index in [0.717, 1.165) is 11.1 Å². The summed E-state index contributed by atoms with van der Waals surface area (Å²) in [6.45, 7) is 0.462. The van der Waals surface area contributed by atoms with E-state index in [0.29, 0.717) is 25.1 Å². The Hall–Kier alpha value is -1.20. The second kappa shape index (κ2) is 4.35. The van der Waals surface area contributed by atoms with Gasteiger partial charge >= 0.3 is 4.82 Å². The molecule has 0 unspecified atom stereocenters. The first-order valence-corrected chi connectivity index (χ1v) is 5.77. The summed E-state index contributed by atoms with van der Waals surface area (Å²) in [5, 5.41) is 0. The molecule has 1 aliphatic heterocycles. The predicted molar refractivity (Wildman–Crippen MR) is 64.5 cm³/mol. The topological polar surface area (TPSA) is 63.4 Å². The molecule has 0 aliphatic carbocycles. The first-order chi connectivity index (χ1) is 7.63. The number of amides is 2. The summed E-state index contributed by atoms with van der Waals surface area (Å²) >= 11 is 2.82. The van der Waals surface area contributed by atoms with E-state index >= 15 is 0 Å². The van der Waals surface area contributed by atoms with Gasteiger partial charge in [-0.3, -0.25) is 9.59 Å². The van der Waals surface area contributed by atoms with Crippen LogP contribution in [0.2, 0.25) is 0 Å². The van der Waals surface area contributed by atoms with E-state index in [-0.39, 0.29) is 5.91 Å². The number of fused-ring (bicyclic) bond motifs is 1. The second-order valence-corrected chi connectivity index (χ2v) is 4.33. The van der Waals surface area contributed by atoms with Crippen LogP contribution >= 0.6 is 15.9 Å². The lowest BCUT2D eigenvalue weighted by atomic mass is 9.99. The zero-order chi connectivity index (χ0) is 11.7. The number of aryl methyl sites for hydroxylation is 1. The third-order valence-electron chi connectivity index (χ3n) is 2.65. The molecule has 1 aromatic carbocycles. The molecule has 0 saturated heterocycles. The third-order valence-corrected chi connectivity index (χ3v) is 3.01. The summed E-state index contributed by atoms with van der Waals surface area (Å²) in [4.78, 5) is 23.7. The van der Waals surface area contributed by atoms with Crippen LogP contribution in [0.1, 0.15) is 17.5 Å². The van der Waals surface area contributed by atoms with E-state index in [1.165, 1.54) is 4.90 Å². The Bertz CT molecular complexity index is 459.